The number of thiol groups is 1. The summed E-state index contributed by atoms with van der Waals surface area (Å²) in [5.74, 6) is -0.761. The number of hydrogen-bond acceptors (Lipinski definition) is 5. The first-order valence-electron chi connectivity index (χ1n) is 4.11. The highest BCUT2D eigenvalue weighted by atomic mass is 32.1. The molecule has 2 unspecified atom stereocenters. The van der Waals surface area contributed by atoms with E-state index in [0.29, 0.717) is 13.2 Å². The van der Waals surface area contributed by atoms with E-state index in [0.717, 1.165) is 0 Å². The van der Waals surface area contributed by atoms with Gasteiger partial charge in [-0.15, -0.1) is 12.6 Å². The van der Waals surface area contributed by atoms with Crippen molar-refractivity contribution in [2.75, 3.05) is 13.2 Å². The van der Waals surface area contributed by atoms with E-state index in [4.69, 9.17) is 14.6 Å². The maximum Gasteiger partial charge on any atom is 0.348 e. The molecule has 0 radical (unpaired) electrons. The zero-order chi connectivity index (χ0) is 10.5. The molecule has 78 valence electrons. The highest BCUT2D eigenvalue weighted by Gasteiger charge is 2.28. The minimum absolute atomic E-state index is 0.325. The monoisotopic (exact) mass is 208 g/mol. The van der Waals surface area contributed by atoms with Crippen LogP contribution in [0.3, 0.4) is 0 Å². The number of hydrogen-bond donors (Lipinski definition) is 2. The molecule has 0 rings (SSSR count). The lowest BCUT2D eigenvalue weighted by molar-refractivity contribution is -0.162. The SMILES string of the molecule is CCOCC(C)OC(=O)C(C)(O)S. The summed E-state index contributed by atoms with van der Waals surface area (Å²) >= 11 is 3.66. The lowest BCUT2D eigenvalue weighted by Gasteiger charge is -2.18. The quantitative estimate of drug-likeness (QED) is 0.394. The standard InChI is InChI=1S/C8H16O4S/c1-4-11-5-6(2)12-7(9)8(3,10)13/h6,10,13H,4-5H2,1-3H3. The van der Waals surface area contributed by atoms with Gasteiger partial charge in [-0.25, -0.2) is 4.79 Å². The molecule has 0 aromatic heterocycles. The van der Waals surface area contributed by atoms with Gasteiger partial charge in [0.15, 0.2) is 0 Å². The first-order valence-corrected chi connectivity index (χ1v) is 4.56. The number of esters is 1. The second kappa shape index (κ2) is 5.47. The molecule has 0 spiro atoms. The van der Waals surface area contributed by atoms with Crippen LogP contribution in [0.1, 0.15) is 20.8 Å². The van der Waals surface area contributed by atoms with Crippen molar-refractivity contribution in [1.82, 2.24) is 0 Å². The van der Waals surface area contributed by atoms with E-state index in [1.54, 1.807) is 6.92 Å². The number of rotatable bonds is 5. The van der Waals surface area contributed by atoms with Gasteiger partial charge in [-0.05, 0) is 20.8 Å². The first-order chi connectivity index (χ1) is 5.88. The lowest BCUT2D eigenvalue weighted by atomic mass is 10.4. The van der Waals surface area contributed by atoms with Crippen LogP contribution in [-0.2, 0) is 14.3 Å². The molecule has 0 aromatic rings. The molecule has 0 amide bonds. The zero-order valence-electron chi connectivity index (χ0n) is 8.11. The minimum Gasteiger partial charge on any atom is -0.457 e. The molecule has 0 fully saturated rings. The van der Waals surface area contributed by atoms with Crippen molar-refractivity contribution < 1.29 is 19.4 Å². The second-order valence-electron chi connectivity index (χ2n) is 2.90. The molecule has 0 saturated carbocycles. The second-order valence-corrected chi connectivity index (χ2v) is 3.77. The fourth-order valence-electron chi connectivity index (χ4n) is 0.612. The van der Waals surface area contributed by atoms with Crippen LogP contribution in [0.4, 0.5) is 0 Å². The van der Waals surface area contributed by atoms with Crippen molar-refractivity contribution in [2.45, 2.75) is 31.8 Å². The van der Waals surface area contributed by atoms with Crippen molar-refractivity contribution in [2.24, 2.45) is 0 Å². The van der Waals surface area contributed by atoms with Crippen LogP contribution in [0.5, 0.6) is 0 Å². The van der Waals surface area contributed by atoms with E-state index in [1.807, 2.05) is 6.92 Å². The van der Waals surface area contributed by atoms with Crippen LogP contribution < -0.4 is 0 Å². The summed E-state index contributed by atoms with van der Waals surface area (Å²) in [7, 11) is 0. The Morgan fingerprint density at radius 1 is 1.69 bits per heavy atom. The van der Waals surface area contributed by atoms with Gasteiger partial charge in [0.2, 0.25) is 4.93 Å². The van der Waals surface area contributed by atoms with Gasteiger partial charge in [-0.1, -0.05) is 0 Å². The van der Waals surface area contributed by atoms with Gasteiger partial charge in [0.1, 0.15) is 6.10 Å². The van der Waals surface area contributed by atoms with Crippen molar-refractivity contribution in [1.29, 1.82) is 0 Å². The third-order valence-corrected chi connectivity index (χ3v) is 1.43. The van der Waals surface area contributed by atoms with Crippen molar-refractivity contribution in [3.63, 3.8) is 0 Å². The number of carbonyl (C=O) groups excluding carboxylic acids is 1. The molecular formula is C8H16O4S. The first kappa shape index (κ1) is 12.7. The molecule has 5 heteroatoms. The molecule has 0 aromatic carbocycles. The normalized spacial score (nSPS) is 17.6. The minimum atomic E-state index is -1.74. The largest absolute Gasteiger partial charge is 0.457 e. The summed E-state index contributed by atoms with van der Waals surface area (Å²) in [5, 5.41) is 9.11. The van der Waals surface area contributed by atoms with Gasteiger partial charge in [-0.2, -0.15) is 0 Å². The fourth-order valence-corrected chi connectivity index (χ4v) is 0.665. The Bertz CT molecular complexity index is 164. The van der Waals surface area contributed by atoms with Crippen LogP contribution in [0.15, 0.2) is 0 Å². The molecule has 13 heavy (non-hydrogen) atoms. The van der Waals surface area contributed by atoms with Gasteiger partial charge in [-0.3, -0.25) is 0 Å². The Morgan fingerprint density at radius 2 is 2.23 bits per heavy atom. The molecule has 0 saturated heterocycles. The maximum absolute atomic E-state index is 11.0. The van der Waals surface area contributed by atoms with E-state index in [2.05, 4.69) is 12.6 Å². The summed E-state index contributed by atoms with van der Waals surface area (Å²) in [6.07, 6.45) is -0.369. The van der Waals surface area contributed by atoms with Crippen molar-refractivity contribution in [3.05, 3.63) is 0 Å². The molecule has 4 nitrogen and oxygen atoms in total. The van der Waals surface area contributed by atoms with Gasteiger partial charge >= 0.3 is 5.97 Å². The summed E-state index contributed by atoms with van der Waals surface area (Å²) in [6, 6.07) is 0. The van der Waals surface area contributed by atoms with Crippen molar-refractivity contribution in [3.8, 4) is 0 Å². The molecule has 0 aliphatic heterocycles. The Labute approximate surface area is 83.6 Å². The summed E-state index contributed by atoms with van der Waals surface area (Å²) in [6.45, 7) is 5.69. The van der Waals surface area contributed by atoms with Crippen LogP contribution in [0, 0.1) is 0 Å². The van der Waals surface area contributed by atoms with E-state index in [9.17, 15) is 4.79 Å². The summed E-state index contributed by atoms with van der Waals surface area (Å²) < 4.78 is 9.85. The van der Waals surface area contributed by atoms with Crippen LogP contribution >= 0.6 is 12.6 Å². The molecule has 2 atom stereocenters. The van der Waals surface area contributed by atoms with Crippen molar-refractivity contribution >= 4 is 18.6 Å². The third-order valence-electron chi connectivity index (χ3n) is 1.25. The van der Waals surface area contributed by atoms with E-state index in [-0.39, 0.29) is 6.10 Å². The Balaban J connectivity index is 3.79. The topological polar surface area (TPSA) is 55.8 Å². The number of carbonyl (C=O) groups is 1. The van der Waals surface area contributed by atoms with Gasteiger partial charge in [0, 0.05) is 6.61 Å². The molecular weight excluding hydrogens is 192 g/mol. The third kappa shape index (κ3) is 5.90. The Kier molecular flexibility index (Phi) is 5.36. The molecule has 1 N–H and O–H groups in total. The Hall–Kier alpha value is -0.260. The lowest BCUT2D eigenvalue weighted by Crippen LogP contribution is -2.34. The van der Waals surface area contributed by atoms with Crippen LogP contribution in [0.2, 0.25) is 0 Å². The van der Waals surface area contributed by atoms with Gasteiger partial charge < -0.3 is 14.6 Å². The fraction of sp³-hybridized carbons (Fsp3) is 0.875. The maximum atomic E-state index is 11.0. The van der Waals surface area contributed by atoms with E-state index >= 15 is 0 Å². The van der Waals surface area contributed by atoms with E-state index < -0.39 is 10.9 Å². The highest BCUT2D eigenvalue weighted by molar-refractivity contribution is 7.82. The number of aliphatic hydroxyl groups is 1. The Morgan fingerprint density at radius 3 is 2.62 bits per heavy atom. The van der Waals surface area contributed by atoms with Gasteiger partial charge in [0.25, 0.3) is 0 Å². The van der Waals surface area contributed by atoms with Crippen LogP contribution in [-0.4, -0.2) is 35.3 Å². The molecule has 0 aliphatic carbocycles. The molecule has 0 heterocycles. The molecule has 0 bridgehead atoms. The summed E-state index contributed by atoms with van der Waals surface area (Å²) in [4.78, 5) is 9.30. The predicted octanol–water partition coefficient (Wildman–Crippen LogP) is 0.593. The average molecular weight is 208 g/mol. The van der Waals surface area contributed by atoms with E-state index in [1.165, 1.54) is 6.92 Å². The highest BCUT2D eigenvalue weighted by Crippen LogP contribution is 2.11. The predicted molar refractivity (Wildman–Crippen MR) is 51.7 cm³/mol. The zero-order valence-corrected chi connectivity index (χ0v) is 9.01. The number of ether oxygens (including phenoxy) is 2. The van der Waals surface area contributed by atoms with Gasteiger partial charge in [0.05, 0.1) is 6.61 Å². The smallest absolute Gasteiger partial charge is 0.348 e. The summed E-state index contributed by atoms with van der Waals surface area (Å²) in [5.41, 5.74) is 0. The van der Waals surface area contributed by atoms with Crippen LogP contribution in [0.25, 0.3) is 0 Å². The average Bonchev–Trinajstić information content (AvgIpc) is 1.99. The molecule has 0 aliphatic rings.